The first-order valence-corrected chi connectivity index (χ1v) is 12.3. The Morgan fingerprint density at radius 1 is 1.26 bits per heavy atom. The van der Waals surface area contributed by atoms with E-state index in [-0.39, 0.29) is 24.1 Å². The Kier molecular flexibility index (Phi) is 6.31. The van der Waals surface area contributed by atoms with E-state index in [1.807, 2.05) is 6.07 Å². The standard InChI is InChI=1S/C24H26Cl2N4O4/c1-3-30(14-5-8-33-9-6-14)19-10-18(25)15-4-7-29(24(32)20(15)21(19)26)12-17-22-16(11-27-34-22)13(2)28-23(17)31/h10-11,14H,3-9,12H2,1-2H3,(H,28,31). The monoisotopic (exact) mass is 504 g/mol. The smallest absolute Gasteiger partial charge is 0.257 e. The normalized spacial score (nSPS) is 16.8. The van der Waals surface area contributed by atoms with Crippen molar-refractivity contribution in [2.75, 3.05) is 31.2 Å². The maximum atomic E-state index is 13.7. The van der Waals surface area contributed by atoms with E-state index in [0.29, 0.717) is 58.6 Å². The van der Waals surface area contributed by atoms with Crippen molar-refractivity contribution < 1.29 is 14.1 Å². The first-order chi connectivity index (χ1) is 16.4. The van der Waals surface area contributed by atoms with Crippen molar-refractivity contribution in [3.8, 4) is 0 Å². The van der Waals surface area contributed by atoms with Gasteiger partial charge in [-0.2, -0.15) is 0 Å². The quantitative estimate of drug-likeness (QED) is 0.555. The lowest BCUT2D eigenvalue weighted by Crippen LogP contribution is -2.41. The highest BCUT2D eigenvalue weighted by Gasteiger charge is 2.33. The largest absolute Gasteiger partial charge is 0.381 e. The van der Waals surface area contributed by atoms with E-state index in [9.17, 15) is 9.59 Å². The van der Waals surface area contributed by atoms with Gasteiger partial charge in [0.25, 0.3) is 11.5 Å². The first kappa shape index (κ1) is 23.2. The van der Waals surface area contributed by atoms with Crippen molar-refractivity contribution in [1.29, 1.82) is 0 Å². The number of nitrogens with zero attached hydrogens (tertiary/aromatic N) is 3. The zero-order valence-electron chi connectivity index (χ0n) is 19.1. The molecule has 0 bridgehead atoms. The molecule has 1 fully saturated rings. The number of nitrogens with one attached hydrogen (secondary N) is 1. The number of rotatable bonds is 5. The van der Waals surface area contributed by atoms with Crippen LogP contribution in [0.5, 0.6) is 0 Å². The molecule has 180 valence electrons. The number of aromatic amines is 1. The maximum absolute atomic E-state index is 13.7. The number of carbonyl (C=O) groups excluding carboxylic acids is 1. The number of fused-ring (bicyclic) bond motifs is 2. The van der Waals surface area contributed by atoms with Gasteiger partial charge in [-0.05, 0) is 44.7 Å². The van der Waals surface area contributed by atoms with Gasteiger partial charge in [0.15, 0.2) is 5.58 Å². The molecular weight excluding hydrogens is 479 g/mol. The fraction of sp³-hybridized carbons (Fsp3) is 0.458. The Labute approximate surface area is 206 Å². The highest BCUT2D eigenvalue weighted by molar-refractivity contribution is 6.39. The number of pyridine rings is 1. The van der Waals surface area contributed by atoms with Crippen molar-refractivity contribution >= 4 is 45.8 Å². The van der Waals surface area contributed by atoms with Gasteiger partial charge in [-0.25, -0.2) is 0 Å². The number of benzene rings is 1. The van der Waals surface area contributed by atoms with Crippen LogP contribution in [0.1, 0.15) is 46.9 Å². The molecule has 2 aliphatic heterocycles. The summed E-state index contributed by atoms with van der Waals surface area (Å²) >= 11 is 13.6. The van der Waals surface area contributed by atoms with E-state index in [2.05, 4.69) is 22.0 Å². The van der Waals surface area contributed by atoms with Crippen molar-refractivity contribution in [2.45, 2.75) is 45.7 Å². The fourth-order valence-corrected chi connectivity index (χ4v) is 5.73. The molecule has 0 radical (unpaired) electrons. The third kappa shape index (κ3) is 3.87. The number of aromatic nitrogens is 2. The first-order valence-electron chi connectivity index (χ1n) is 11.5. The minimum atomic E-state index is -0.296. The van der Waals surface area contributed by atoms with Gasteiger partial charge in [-0.1, -0.05) is 28.4 Å². The van der Waals surface area contributed by atoms with Crippen LogP contribution in [-0.2, 0) is 17.7 Å². The number of amides is 1. The average molecular weight is 505 g/mol. The molecule has 0 saturated carbocycles. The summed E-state index contributed by atoms with van der Waals surface area (Å²) in [4.78, 5) is 33.0. The molecule has 3 aromatic rings. The zero-order chi connectivity index (χ0) is 24.0. The van der Waals surface area contributed by atoms with E-state index < -0.39 is 0 Å². The van der Waals surface area contributed by atoms with E-state index in [1.165, 1.54) is 0 Å². The van der Waals surface area contributed by atoms with E-state index in [0.717, 1.165) is 36.0 Å². The molecule has 1 saturated heterocycles. The molecule has 1 amide bonds. The van der Waals surface area contributed by atoms with Gasteiger partial charge in [0.2, 0.25) is 0 Å². The average Bonchev–Trinajstić information content (AvgIpc) is 3.32. The summed E-state index contributed by atoms with van der Waals surface area (Å²) in [7, 11) is 0. The topological polar surface area (TPSA) is 91.7 Å². The maximum Gasteiger partial charge on any atom is 0.257 e. The zero-order valence-corrected chi connectivity index (χ0v) is 20.6. The molecule has 0 atom stereocenters. The summed E-state index contributed by atoms with van der Waals surface area (Å²) < 4.78 is 10.9. The third-order valence-corrected chi connectivity index (χ3v) is 7.60. The van der Waals surface area contributed by atoms with Crippen LogP contribution in [0.4, 0.5) is 5.69 Å². The number of hydrogen-bond donors (Lipinski definition) is 1. The summed E-state index contributed by atoms with van der Waals surface area (Å²) in [5.74, 6) is -0.245. The second kappa shape index (κ2) is 9.24. The van der Waals surface area contributed by atoms with Crippen LogP contribution in [0.15, 0.2) is 21.6 Å². The lowest BCUT2D eigenvalue weighted by atomic mass is 9.96. The second-order valence-corrected chi connectivity index (χ2v) is 9.56. The van der Waals surface area contributed by atoms with Crippen molar-refractivity contribution in [3.05, 3.63) is 55.0 Å². The molecule has 0 unspecified atom stereocenters. The number of halogens is 2. The van der Waals surface area contributed by atoms with Crippen LogP contribution in [0.25, 0.3) is 11.0 Å². The molecule has 8 nitrogen and oxygen atoms in total. The molecule has 1 aromatic carbocycles. The molecule has 34 heavy (non-hydrogen) atoms. The summed E-state index contributed by atoms with van der Waals surface area (Å²) in [5, 5.41) is 5.50. The Morgan fingerprint density at radius 2 is 2.03 bits per heavy atom. The van der Waals surface area contributed by atoms with E-state index in [4.69, 9.17) is 32.5 Å². The van der Waals surface area contributed by atoms with Crippen LogP contribution in [0.3, 0.4) is 0 Å². The summed E-state index contributed by atoms with van der Waals surface area (Å²) in [6.07, 6.45) is 3.90. The molecule has 1 N–H and O–H groups in total. The molecule has 2 aromatic heterocycles. The predicted octanol–water partition coefficient (Wildman–Crippen LogP) is 4.34. The van der Waals surface area contributed by atoms with Crippen molar-refractivity contribution in [2.24, 2.45) is 0 Å². The molecule has 2 aliphatic rings. The molecule has 0 spiro atoms. The number of hydrogen-bond acceptors (Lipinski definition) is 6. The molecule has 10 heteroatoms. The fourth-order valence-electron chi connectivity index (χ4n) is 5.08. The van der Waals surface area contributed by atoms with Gasteiger partial charge in [0.1, 0.15) is 0 Å². The van der Waals surface area contributed by atoms with Crippen molar-refractivity contribution in [1.82, 2.24) is 15.0 Å². The Balaban J connectivity index is 1.52. The molecule has 4 heterocycles. The Morgan fingerprint density at radius 3 is 2.76 bits per heavy atom. The lowest BCUT2D eigenvalue weighted by molar-refractivity contribution is 0.0726. The predicted molar refractivity (Wildman–Crippen MR) is 131 cm³/mol. The highest BCUT2D eigenvalue weighted by Crippen LogP contribution is 2.41. The van der Waals surface area contributed by atoms with Gasteiger partial charge < -0.3 is 24.0 Å². The number of ether oxygens (including phenoxy) is 1. The van der Waals surface area contributed by atoms with Crippen molar-refractivity contribution in [3.63, 3.8) is 0 Å². The number of anilines is 1. The van der Waals surface area contributed by atoms with Crippen LogP contribution in [0.2, 0.25) is 10.0 Å². The number of aryl methyl sites for hydroxylation is 1. The minimum Gasteiger partial charge on any atom is -0.381 e. The van der Waals surface area contributed by atoms with Gasteiger partial charge in [0.05, 0.1) is 40.0 Å². The summed E-state index contributed by atoms with van der Waals surface area (Å²) in [5.41, 5.74) is 3.07. The van der Waals surface area contributed by atoms with E-state index in [1.54, 1.807) is 18.0 Å². The second-order valence-electron chi connectivity index (χ2n) is 8.78. The van der Waals surface area contributed by atoms with Gasteiger partial charge >= 0.3 is 0 Å². The summed E-state index contributed by atoms with van der Waals surface area (Å²) in [6, 6.07) is 2.15. The van der Waals surface area contributed by atoms with E-state index >= 15 is 0 Å². The highest BCUT2D eigenvalue weighted by atomic mass is 35.5. The Bertz CT molecular complexity index is 1310. The van der Waals surface area contributed by atoms with Gasteiger partial charge in [0, 0.05) is 43.1 Å². The molecule has 0 aliphatic carbocycles. The van der Waals surface area contributed by atoms with Gasteiger partial charge in [-0.3, -0.25) is 9.59 Å². The van der Waals surface area contributed by atoms with Crippen LogP contribution < -0.4 is 10.5 Å². The third-order valence-electron chi connectivity index (χ3n) is 6.89. The number of carbonyl (C=O) groups is 1. The SMILES string of the molecule is CCN(c1cc(Cl)c2c(c1Cl)C(=O)N(Cc1c(=O)[nH]c(C)c3cnoc13)CC2)C1CCOCC1. The van der Waals surface area contributed by atoms with Crippen LogP contribution in [0, 0.1) is 6.92 Å². The lowest BCUT2D eigenvalue weighted by Gasteiger charge is -2.37. The number of H-pyrrole nitrogens is 1. The minimum absolute atomic E-state index is 0.0925. The summed E-state index contributed by atoms with van der Waals surface area (Å²) in [6.45, 7) is 6.50. The van der Waals surface area contributed by atoms with Gasteiger partial charge in [-0.15, -0.1) is 0 Å². The molecular formula is C24H26Cl2N4O4. The Hall–Kier alpha value is -2.55. The molecule has 5 rings (SSSR count). The van der Waals surface area contributed by atoms with Crippen LogP contribution in [-0.4, -0.2) is 53.3 Å². The van der Waals surface area contributed by atoms with Crippen LogP contribution >= 0.6 is 23.2 Å².